The molecule has 592 valence electrons. The van der Waals surface area contributed by atoms with Crippen LogP contribution in [0.4, 0.5) is 0 Å². The number of carbonyl (C=O) groups is 4. The van der Waals surface area contributed by atoms with Gasteiger partial charge in [0.1, 0.15) is 60.9 Å². The Bertz CT molecular complexity index is 4660. The maximum Gasteiger partial charge on any atom is 1.00 e. The van der Waals surface area contributed by atoms with Gasteiger partial charge >= 0.3 is 70.2 Å². The van der Waals surface area contributed by atoms with Gasteiger partial charge in [0.25, 0.3) is 11.8 Å². The van der Waals surface area contributed by atoms with E-state index in [-0.39, 0.29) is 83.5 Å². The number of nitrogens with one attached hydrogen (secondary N) is 4. The smallest absolute Gasteiger partial charge is 0.759 e. The normalized spacial score (nSPS) is 10.5. The number of methoxy groups -OCH3 is 2. The van der Waals surface area contributed by atoms with Gasteiger partial charge in [0.15, 0.2) is 0 Å². The number of carbonyl (C=O) groups excluding carboxylic acids is 4. The molecule has 0 aliphatic heterocycles. The van der Waals surface area contributed by atoms with Crippen molar-refractivity contribution in [3.8, 4) is 34.5 Å². The largest absolute Gasteiger partial charge is 1.00 e. The van der Waals surface area contributed by atoms with Gasteiger partial charge in [-0.3, -0.25) is 29.6 Å². The fourth-order valence-corrected chi connectivity index (χ4v) is 10.8. The Morgan fingerprint density at radius 1 is 0.377 bits per heavy atom. The molecule has 0 unspecified atom stereocenters. The van der Waals surface area contributed by atoms with Crippen molar-refractivity contribution < 1.29 is 138 Å². The standard InChI is InChI=1S/C23H27NO5.C23H26NO4.C22H24ClNO4.C22H23ClNO3.K.Li/c1-16(2)4-12-21-19(14-25)8-7-18(9-13-22(26)24-27)23(21)29-15-17-5-10-20(28-3)11-6-17;1-16(2)5-13-21-17(3)6-9-19(10-14-22(25)24-26)23(21)28-15-18-7-11-20(27-4)12-8-18;1-15(2)3-11-20-18(13-25)7-6-17(8-12-21(26)24-27)22(20)28-14-16-4-9-19(23)10-5-16;1-15(2)4-12-20-16(3)5-8-18(9-13-21(25)24-26)22(20)27-14-17-6-10-19(23)11-7-17;;/h4-11,13,25,27H,12,14-15H2,1-3H3,(H,24,26);5-12,14H,13,15H2,1-4H3,(H-,24,25,26);3-10,12,25,27H,11,13-14H2,1-2H3,(H,24,26);4-11,13H,12,14H2,1-3H3,(H-,24,25,26);;/q;-1;;-1;2*+1/b13-9+;14-10+;12-8+;13-9+;;. The van der Waals surface area contributed by atoms with Crippen LogP contribution in [0.2, 0.25) is 10.0 Å². The number of ether oxygens (including phenoxy) is 6. The van der Waals surface area contributed by atoms with E-state index in [4.69, 9.17) is 62.0 Å². The van der Waals surface area contributed by atoms with Crippen LogP contribution in [0.5, 0.6) is 34.5 Å². The van der Waals surface area contributed by atoms with Crippen LogP contribution >= 0.6 is 23.2 Å². The molecule has 4 amide bonds. The monoisotopic (exact) mass is 1610 g/mol. The van der Waals surface area contributed by atoms with Crippen molar-refractivity contribution in [3.05, 3.63) is 326 Å². The van der Waals surface area contributed by atoms with Crippen LogP contribution in [0.15, 0.2) is 216 Å². The SMILES string of the molecule is CC(C)=CCc1c(C)ccc(/C=C/C(=O)N[O-])c1OCc1ccc(Cl)cc1.CC(C)=CCc1c(CO)ccc(/C=C/C(=O)NO)c1OCc1ccc(Cl)cc1.COc1ccc(COc2c(/C=C/C(=O)NO)ccc(CO)c2CC=C(C)C)cc1.COc1ccc(COc2c(/C=C/C(=O)N[O-])ccc(C)c2CC=C(C)C)cc1.[K+].[Li+]. The zero-order valence-electron chi connectivity index (χ0n) is 67.3. The molecule has 0 saturated carbocycles. The number of hydrogen-bond acceptors (Lipinski definition) is 16. The maximum atomic E-state index is 11.4. The summed E-state index contributed by atoms with van der Waals surface area (Å²) >= 11 is 11.9. The maximum absolute atomic E-state index is 11.4. The average Bonchev–Trinajstić information content (AvgIpc) is 0.834. The van der Waals surface area contributed by atoms with E-state index in [1.54, 1.807) is 79.8 Å². The second-order valence-corrected chi connectivity index (χ2v) is 27.3. The third kappa shape index (κ3) is 34.9. The summed E-state index contributed by atoms with van der Waals surface area (Å²) in [6, 6.07) is 44.9. The Balaban J connectivity index is 0.000000391. The summed E-state index contributed by atoms with van der Waals surface area (Å²) in [7, 11) is 3.24. The first kappa shape index (κ1) is 99.1. The van der Waals surface area contributed by atoms with Crippen molar-refractivity contribution in [3.63, 3.8) is 0 Å². The van der Waals surface area contributed by atoms with E-state index in [1.165, 1.54) is 46.4 Å². The molecular formula is C90H100Cl2KLiN4O16. The summed E-state index contributed by atoms with van der Waals surface area (Å²) in [5.41, 5.74) is 24.8. The van der Waals surface area contributed by atoms with E-state index in [9.17, 15) is 39.8 Å². The Kier molecular flexibility index (Phi) is 46.9. The van der Waals surface area contributed by atoms with Gasteiger partial charge in [-0.15, -0.1) is 0 Å². The molecular weight excluding hydrogens is 1510 g/mol. The van der Waals surface area contributed by atoms with Gasteiger partial charge in [-0.05, 0) is 212 Å². The zero-order chi connectivity index (χ0) is 82.1. The fraction of sp³-hybridized carbons (Fsp3) is 0.244. The fourth-order valence-electron chi connectivity index (χ4n) is 10.6. The summed E-state index contributed by atoms with van der Waals surface area (Å²) < 4.78 is 34.9. The van der Waals surface area contributed by atoms with Gasteiger partial charge in [0.05, 0.1) is 27.4 Å². The van der Waals surface area contributed by atoms with Gasteiger partial charge in [0.2, 0.25) is 11.8 Å². The molecule has 114 heavy (non-hydrogen) atoms. The first-order valence-electron chi connectivity index (χ1n) is 35.8. The van der Waals surface area contributed by atoms with E-state index in [0.717, 1.165) is 113 Å². The van der Waals surface area contributed by atoms with Crippen LogP contribution in [0.25, 0.3) is 24.3 Å². The van der Waals surface area contributed by atoms with Gasteiger partial charge in [-0.2, -0.15) is 0 Å². The molecule has 0 aliphatic carbocycles. The van der Waals surface area contributed by atoms with Crippen molar-refractivity contribution in [2.75, 3.05) is 14.2 Å². The number of halogens is 2. The molecule has 0 aromatic heterocycles. The van der Waals surface area contributed by atoms with Crippen LogP contribution in [0.1, 0.15) is 144 Å². The number of allylic oxidation sites excluding steroid dienone is 8. The second kappa shape index (κ2) is 53.9. The molecule has 8 N–H and O–H groups in total. The summed E-state index contributed by atoms with van der Waals surface area (Å²) in [6.07, 6.45) is 22.2. The average molecular weight is 1610 g/mol. The molecule has 0 bridgehead atoms. The minimum absolute atomic E-state index is 0. The molecule has 0 heterocycles. The molecule has 0 atom stereocenters. The first-order chi connectivity index (χ1) is 53.8. The number of benzene rings is 8. The molecule has 24 heteroatoms. The third-order valence-corrected chi connectivity index (χ3v) is 17.3. The van der Waals surface area contributed by atoms with Crippen LogP contribution < -0.4 is 121 Å². The van der Waals surface area contributed by atoms with E-state index in [2.05, 4.69) is 38.2 Å². The van der Waals surface area contributed by atoms with Crippen LogP contribution in [0, 0.1) is 24.3 Å². The second-order valence-electron chi connectivity index (χ2n) is 26.4. The Morgan fingerprint density at radius 2 is 0.623 bits per heavy atom. The summed E-state index contributed by atoms with van der Waals surface area (Å²) in [5, 5.41) is 59.3. The van der Waals surface area contributed by atoms with E-state index < -0.39 is 23.6 Å². The van der Waals surface area contributed by atoms with E-state index in [1.807, 2.05) is 171 Å². The quantitative estimate of drug-likeness (QED) is 0.00639. The predicted octanol–water partition coefficient (Wildman–Crippen LogP) is 12.3. The van der Waals surface area contributed by atoms with E-state index >= 15 is 0 Å². The predicted molar refractivity (Wildman–Crippen MR) is 445 cm³/mol. The Morgan fingerprint density at radius 3 is 0.868 bits per heavy atom. The number of hydroxylamine groups is 4. The Labute approximate surface area is 734 Å². The van der Waals surface area contributed by atoms with Gasteiger partial charge in [-0.1, -0.05) is 167 Å². The molecule has 0 saturated heterocycles. The molecule has 20 nitrogen and oxygen atoms in total. The van der Waals surface area contributed by atoms with Crippen molar-refractivity contribution >= 4 is 71.1 Å². The van der Waals surface area contributed by atoms with Gasteiger partial charge in [-0.25, -0.2) is 11.0 Å². The number of aryl methyl sites for hydroxylation is 2. The number of amides is 4. The number of aliphatic hydroxyl groups is 2. The first-order valence-corrected chi connectivity index (χ1v) is 36.5. The molecule has 0 radical (unpaired) electrons. The number of aliphatic hydroxyl groups excluding tert-OH is 2. The van der Waals surface area contributed by atoms with Crippen LogP contribution in [0.3, 0.4) is 0 Å². The Hall–Kier alpha value is -9.07. The molecule has 0 fully saturated rings. The van der Waals surface area contributed by atoms with Crippen molar-refractivity contribution in [1.82, 2.24) is 21.9 Å². The van der Waals surface area contributed by atoms with Gasteiger partial charge in [0, 0.05) is 78.9 Å². The molecule has 8 rings (SSSR count). The van der Waals surface area contributed by atoms with Gasteiger partial charge < -0.3 is 60.0 Å². The molecule has 0 spiro atoms. The third-order valence-electron chi connectivity index (χ3n) is 16.8. The number of hydrogen-bond donors (Lipinski definition) is 8. The molecule has 8 aromatic rings. The summed E-state index contributed by atoms with van der Waals surface area (Å²) in [6.45, 7) is 21.4. The van der Waals surface area contributed by atoms with Crippen molar-refractivity contribution in [2.24, 2.45) is 0 Å². The zero-order valence-corrected chi connectivity index (χ0v) is 71.9. The molecule has 8 aromatic carbocycles. The van der Waals surface area contributed by atoms with Crippen LogP contribution in [-0.4, -0.2) is 58.5 Å². The topological polar surface area (TPSA) is 299 Å². The minimum Gasteiger partial charge on any atom is -0.759 e. The van der Waals surface area contributed by atoms with Crippen molar-refractivity contribution in [2.45, 2.75) is 135 Å². The molecule has 0 aliphatic rings. The summed E-state index contributed by atoms with van der Waals surface area (Å²) in [5.74, 6) is 1.46. The van der Waals surface area contributed by atoms with E-state index in [0.29, 0.717) is 83.4 Å². The number of rotatable bonds is 32. The van der Waals surface area contributed by atoms with Crippen molar-refractivity contribution in [1.29, 1.82) is 0 Å². The van der Waals surface area contributed by atoms with Crippen LogP contribution in [-0.2, 0) is 84.5 Å². The minimum atomic E-state index is -0.704. The summed E-state index contributed by atoms with van der Waals surface area (Å²) in [4.78, 5) is 45.4.